The summed E-state index contributed by atoms with van der Waals surface area (Å²) < 4.78 is 0. The Morgan fingerprint density at radius 3 is 2.67 bits per heavy atom. The molecule has 1 amide bonds. The number of hydrogen-bond acceptors (Lipinski definition) is 3. The van der Waals surface area contributed by atoms with E-state index in [1.807, 2.05) is 5.48 Å². The molecule has 0 fully saturated rings. The van der Waals surface area contributed by atoms with Crippen LogP contribution >= 0.6 is 0 Å². The van der Waals surface area contributed by atoms with Crippen LogP contribution in [-0.4, -0.2) is 17.7 Å². The minimum atomic E-state index is -0.284. The number of carbonyl (C=O) groups is 1. The van der Waals surface area contributed by atoms with E-state index in [-0.39, 0.29) is 5.91 Å². The molecular formula is C5H12N2O2. The van der Waals surface area contributed by atoms with E-state index in [0.717, 1.165) is 12.8 Å². The first kappa shape index (κ1) is 8.39. The van der Waals surface area contributed by atoms with Gasteiger partial charge in [-0.15, -0.1) is 0 Å². The van der Waals surface area contributed by atoms with Crippen LogP contribution in [0, 0.1) is 0 Å². The van der Waals surface area contributed by atoms with Crippen molar-refractivity contribution in [3.05, 3.63) is 0 Å². The Labute approximate surface area is 54.0 Å². The molecule has 0 aliphatic carbocycles. The van der Waals surface area contributed by atoms with Gasteiger partial charge in [-0.05, 0) is 12.8 Å². The highest BCUT2D eigenvalue weighted by atomic mass is 16.5. The molecule has 9 heavy (non-hydrogen) atoms. The molecule has 0 saturated heterocycles. The average Bonchev–Trinajstić information content (AvgIpc) is 1.80. The van der Waals surface area contributed by atoms with Crippen molar-refractivity contribution in [2.24, 2.45) is 5.73 Å². The van der Waals surface area contributed by atoms with Crippen LogP contribution in [0.15, 0.2) is 0 Å². The number of nitrogens with two attached hydrogens (primary N) is 1. The van der Waals surface area contributed by atoms with E-state index >= 15 is 0 Å². The van der Waals surface area contributed by atoms with Gasteiger partial charge in [-0.1, -0.05) is 0 Å². The third kappa shape index (κ3) is 7.39. The van der Waals surface area contributed by atoms with Crippen molar-refractivity contribution >= 4 is 5.91 Å². The summed E-state index contributed by atoms with van der Waals surface area (Å²) in [6.07, 6.45) is 1.92. The third-order valence-corrected chi connectivity index (χ3v) is 0.962. The lowest BCUT2D eigenvalue weighted by molar-refractivity contribution is -0.118. The fourth-order valence-electron chi connectivity index (χ4n) is 0.503. The zero-order valence-corrected chi connectivity index (χ0v) is 5.26. The van der Waals surface area contributed by atoms with Crippen molar-refractivity contribution in [2.45, 2.75) is 19.3 Å². The zero-order chi connectivity index (χ0) is 7.11. The number of rotatable bonds is 5. The Morgan fingerprint density at radius 1 is 1.56 bits per heavy atom. The molecular weight excluding hydrogens is 120 g/mol. The van der Waals surface area contributed by atoms with Crippen molar-refractivity contribution in [1.82, 2.24) is 5.48 Å². The van der Waals surface area contributed by atoms with Gasteiger partial charge in [0.2, 0.25) is 5.91 Å². The first-order chi connectivity index (χ1) is 4.27. The maximum atomic E-state index is 10.1. The molecule has 0 unspecified atom stereocenters. The molecule has 0 spiro atoms. The van der Waals surface area contributed by atoms with E-state index in [1.165, 1.54) is 0 Å². The van der Waals surface area contributed by atoms with E-state index < -0.39 is 0 Å². The molecule has 0 aliphatic rings. The second-order valence-corrected chi connectivity index (χ2v) is 1.83. The monoisotopic (exact) mass is 132 g/mol. The van der Waals surface area contributed by atoms with Crippen molar-refractivity contribution in [2.75, 3.05) is 6.54 Å². The summed E-state index contributed by atoms with van der Waals surface area (Å²) >= 11 is 0. The number of amides is 1. The first-order valence-electron chi connectivity index (χ1n) is 2.92. The number of hydrogen-bond donors (Lipinski definition) is 3. The van der Waals surface area contributed by atoms with E-state index in [2.05, 4.69) is 0 Å². The van der Waals surface area contributed by atoms with Gasteiger partial charge in [-0.25, -0.2) is 5.48 Å². The Bertz CT molecular complexity index is 85.0. The standard InChI is InChI=1S/C5H12N2O2/c6-5(8)3-1-2-4-7-9/h7,9H,1-4H2,(H2,6,8). The van der Waals surface area contributed by atoms with Crippen LogP contribution in [0.1, 0.15) is 19.3 Å². The van der Waals surface area contributed by atoms with Crippen LogP contribution < -0.4 is 11.2 Å². The average molecular weight is 132 g/mol. The van der Waals surface area contributed by atoms with Gasteiger partial charge in [-0.2, -0.15) is 0 Å². The Kier molecular flexibility index (Phi) is 5.15. The van der Waals surface area contributed by atoms with Gasteiger partial charge in [0, 0.05) is 13.0 Å². The van der Waals surface area contributed by atoms with Gasteiger partial charge in [0.15, 0.2) is 0 Å². The summed E-state index contributed by atoms with van der Waals surface area (Å²) in [5, 5.41) is 8.07. The molecule has 0 aromatic rings. The van der Waals surface area contributed by atoms with Gasteiger partial charge < -0.3 is 10.9 Å². The molecule has 4 N–H and O–H groups in total. The zero-order valence-electron chi connectivity index (χ0n) is 5.26. The molecule has 0 rings (SSSR count). The predicted molar refractivity (Wildman–Crippen MR) is 32.8 cm³/mol. The van der Waals surface area contributed by atoms with Crippen LogP contribution in [0.25, 0.3) is 0 Å². The number of nitrogens with one attached hydrogen (secondary N) is 1. The van der Waals surface area contributed by atoms with Crippen LogP contribution in [0.3, 0.4) is 0 Å². The van der Waals surface area contributed by atoms with E-state index in [1.54, 1.807) is 0 Å². The van der Waals surface area contributed by atoms with Gasteiger partial charge in [-0.3, -0.25) is 4.79 Å². The molecule has 0 atom stereocenters. The van der Waals surface area contributed by atoms with Gasteiger partial charge >= 0.3 is 0 Å². The lowest BCUT2D eigenvalue weighted by Crippen LogP contribution is -2.12. The number of carbonyl (C=O) groups excluding carboxylic acids is 1. The van der Waals surface area contributed by atoms with Gasteiger partial charge in [0.25, 0.3) is 0 Å². The van der Waals surface area contributed by atoms with Gasteiger partial charge in [0.05, 0.1) is 0 Å². The number of unbranched alkanes of at least 4 members (excludes halogenated alkanes) is 1. The van der Waals surface area contributed by atoms with Crippen LogP contribution in [0.2, 0.25) is 0 Å². The summed E-state index contributed by atoms with van der Waals surface area (Å²) in [5.41, 5.74) is 6.84. The third-order valence-electron chi connectivity index (χ3n) is 0.962. The van der Waals surface area contributed by atoms with Gasteiger partial charge in [0.1, 0.15) is 0 Å². The molecule has 54 valence electrons. The number of hydroxylamine groups is 1. The molecule has 0 bridgehead atoms. The molecule has 0 aliphatic heterocycles. The second kappa shape index (κ2) is 5.53. The normalized spacial score (nSPS) is 9.44. The Hall–Kier alpha value is -0.610. The fraction of sp³-hybridized carbons (Fsp3) is 0.800. The molecule has 0 saturated carbocycles. The lowest BCUT2D eigenvalue weighted by atomic mass is 10.2. The maximum Gasteiger partial charge on any atom is 0.217 e. The molecule has 4 nitrogen and oxygen atoms in total. The quantitative estimate of drug-likeness (QED) is 0.352. The van der Waals surface area contributed by atoms with Crippen molar-refractivity contribution in [1.29, 1.82) is 0 Å². The fourth-order valence-corrected chi connectivity index (χ4v) is 0.503. The summed E-state index contributed by atoms with van der Waals surface area (Å²) in [6, 6.07) is 0. The number of primary amides is 1. The highest BCUT2D eigenvalue weighted by molar-refractivity contribution is 5.73. The minimum absolute atomic E-state index is 0.284. The van der Waals surface area contributed by atoms with E-state index in [9.17, 15) is 4.79 Å². The molecule has 0 aromatic heterocycles. The van der Waals surface area contributed by atoms with Crippen molar-refractivity contribution in [3.8, 4) is 0 Å². The molecule has 0 radical (unpaired) electrons. The molecule has 0 heterocycles. The molecule has 4 heteroatoms. The largest absolute Gasteiger partial charge is 0.370 e. The Morgan fingerprint density at radius 2 is 2.22 bits per heavy atom. The smallest absolute Gasteiger partial charge is 0.217 e. The highest BCUT2D eigenvalue weighted by Gasteiger charge is 1.91. The topological polar surface area (TPSA) is 75.4 Å². The van der Waals surface area contributed by atoms with Crippen molar-refractivity contribution < 1.29 is 10.0 Å². The summed E-state index contributed by atoms with van der Waals surface area (Å²) in [4.78, 5) is 10.1. The van der Waals surface area contributed by atoms with E-state index in [0.29, 0.717) is 13.0 Å². The maximum absolute atomic E-state index is 10.1. The summed E-state index contributed by atoms with van der Waals surface area (Å²) in [6.45, 7) is 0.521. The van der Waals surface area contributed by atoms with E-state index in [4.69, 9.17) is 10.9 Å². The first-order valence-corrected chi connectivity index (χ1v) is 2.92. The minimum Gasteiger partial charge on any atom is -0.370 e. The van der Waals surface area contributed by atoms with Crippen molar-refractivity contribution in [3.63, 3.8) is 0 Å². The van der Waals surface area contributed by atoms with Crippen LogP contribution in [-0.2, 0) is 4.79 Å². The summed E-state index contributed by atoms with van der Waals surface area (Å²) in [5.74, 6) is -0.284. The van der Waals surface area contributed by atoms with Crippen LogP contribution in [0.4, 0.5) is 0 Å². The highest BCUT2D eigenvalue weighted by Crippen LogP contribution is 1.90. The van der Waals surface area contributed by atoms with Crippen LogP contribution in [0.5, 0.6) is 0 Å². The summed E-state index contributed by atoms with van der Waals surface area (Å²) in [7, 11) is 0. The second-order valence-electron chi connectivity index (χ2n) is 1.83. The Balaban J connectivity index is 2.83. The SMILES string of the molecule is NC(=O)CCCCNO. The molecule has 0 aromatic carbocycles. The predicted octanol–water partition coefficient (Wildman–Crippen LogP) is -0.379. The lowest BCUT2D eigenvalue weighted by Gasteiger charge is -1.94.